The Bertz CT molecular complexity index is 961. The fraction of sp³-hybridized carbons (Fsp3) is 0.522. The van der Waals surface area contributed by atoms with Crippen molar-refractivity contribution in [1.82, 2.24) is 14.9 Å². The summed E-state index contributed by atoms with van der Waals surface area (Å²) in [4.78, 5) is 25.4. The summed E-state index contributed by atoms with van der Waals surface area (Å²) in [6.07, 6.45) is 4.13. The molecule has 0 bridgehead atoms. The van der Waals surface area contributed by atoms with Gasteiger partial charge >= 0.3 is 0 Å². The number of carbonyl (C=O) groups is 1. The zero-order valence-corrected chi connectivity index (χ0v) is 18.4. The second-order valence-corrected chi connectivity index (χ2v) is 8.50. The standard InChI is InChI=1S/C23H30FN5O2/c1-14-13-28(9-10-29(14)19(30)8-11-31-3)23-21(25)15(2)20(22(27-23)16-4-5-16)17-6-7-18(24)26-12-17/h6-7,12,14,16H,4-5,8-11,13,25H2,1-3H3/t14-/m1/s1. The van der Waals surface area contributed by atoms with Crippen molar-refractivity contribution in [2.24, 2.45) is 0 Å². The van der Waals surface area contributed by atoms with E-state index in [1.165, 1.54) is 6.07 Å². The number of nitrogens with zero attached hydrogens (tertiary/aromatic N) is 4. The molecule has 3 heterocycles. The number of nitrogens with two attached hydrogens (primary N) is 1. The molecular weight excluding hydrogens is 397 g/mol. The lowest BCUT2D eigenvalue weighted by molar-refractivity contribution is -0.134. The number of piperazine rings is 1. The van der Waals surface area contributed by atoms with E-state index in [1.807, 2.05) is 11.8 Å². The molecule has 0 spiro atoms. The lowest BCUT2D eigenvalue weighted by atomic mass is 9.96. The van der Waals surface area contributed by atoms with Gasteiger partial charge in [-0.05, 0) is 44.4 Å². The molecule has 2 fully saturated rings. The van der Waals surface area contributed by atoms with Crippen molar-refractivity contribution in [2.45, 2.75) is 45.1 Å². The predicted molar refractivity (Wildman–Crippen MR) is 118 cm³/mol. The molecule has 2 aliphatic rings. The number of ether oxygens (including phenoxy) is 1. The summed E-state index contributed by atoms with van der Waals surface area (Å²) in [6.45, 7) is 6.48. The van der Waals surface area contributed by atoms with Crippen LogP contribution < -0.4 is 10.6 Å². The van der Waals surface area contributed by atoms with Crippen molar-refractivity contribution in [3.05, 3.63) is 35.5 Å². The number of aromatic nitrogens is 2. The van der Waals surface area contributed by atoms with Crippen molar-refractivity contribution in [1.29, 1.82) is 0 Å². The van der Waals surface area contributed by atoms with Crippen LogP contribution in [0.3, 0.4) is 0 Å². The van der Waals surface area contributed by atoms with Crippen LogP contribution in [0.5, 0.6) is 0 Å². The van der Waals surface area contributed by atoms with Gasteiger partial charge < -0.3 is 20.3 Å². The Morgan fingerprint density at radius 1 is 1.32 bits per heavy atom. The number of halogens is 1. The Kier molecular flexibility index (Phi) is 6.09. The minimum Gasteiger partial charge on any atom is -0.396 e. The molecule has 1 aliphatic carbocycles. The third-order valence-electron chi connectivity index (χ3n) is 6.25. The summed E-state index contributed by atoms with van der Waals surface area (Å²) in [6, 6.07) is 3.17. The lowest BCUT2D eigenvalue weighted by Gasteiger charge is -2.41. The molecule has 1 atom stereocenters. The van der Waals surface area contributed by atoms with Gasteiger partial charge in [0, 0.05) is 56.0 Å². The molecule has 0 aromatic carbocycles. The van der Waals surface area contributed by atoms with E-state index in [-0.39, 0.29) is 11.9 Å². The Hall–Kier alpha value is -2.74. The van der Waals surface area contributed by atoms with Crippen LogP contribution in [0, 0.1) is 12.9 Å². The molecule has 7 nitrogen and oxygen atoms in total. The number of hydrogen-bond acceptors (Lipinski definition) is 6. The van der Waals surface area contributed by atoms with Gasteiger partial charge in [0.15, 0.2) is 5.82 Å². The molecule has 1 aliphatic heterocycles. The first-order valence-electron chi connectivity index (χ1n) is 10.9. The second kappa shape index (κ2) is 8.78. The van der Waals surface area contributed by atoms with Gasteiger partial charge in [0.2, 0.25) is 11.9 Å². The molecular formula is C23H30FN5O2. The normalized spacial score (nSPS) is 19.0. The van der Waals surface area contributed by atoms with Crippen molar-refractivity contribution in [3.63, 3.8) is 0 Å². The Balaban J connectivity index is 1.63. The number of anilines is 2. The molecule has 1 saturated carbocycles. The number of methoxy groups -OCH3 is 1. The maximum absolute atomic E-state index is 13.4. The van der Waals surface area contributed by atoms with Gasteiger partial charge in [0.1, 0.15) is 0 Å². The van der Waals surface area contributed by atoms with Gasteiger partial charge in [-0.25, -0.2) is 9.97 Å². The second-order valence-electron chi connectivity index (χ2n) is 8.50. The van der Waals surface area contributed by atoms with E-state index in [0.717, 1.165) is 41.0 Å². The monoisotopic (exact) mass is 427 g/mol. The summed E-state index contributed by atoms with van der Waals surface area (Å²) in [5.74, 6) is 0.796. The summed E-state index contributed by atoms with van der Waals surface area (Å²) >= 11 is 0. The first-order chi connectivity index (χ1) is 14.9. The Morgan fingerprint density at radius 2 is 2.10 bits per heavy atom. The van der Waals surface area contributed by atoms with E-state index < -0.39 is 5.95 Å². The zero-order valence-electron chi connectivity index (χ0n) is 18.4. The van der Waals surface area contributed by atoms with Crippen LogP contribution in [-0.4, -0.2) is 60.2 Å². The third kappa shape index (κ3) is 4.35. The van der Waals surface area contributed by atoms with Crippen molar-refractivity contribution < 1.29 is 13.9 Å². The molecule has 0 radical (unpaired) electrons. The summed E-state index contributed by atoms with van der Waals surface area (Å²) in [5.41, 5.74) is 11.0. The van der Waals surface area contributed by atoms with E-state index in [2.05, 4.69) is 16.8 Å². The van der Waals surface area contributed by atoms with Crippen LogP contribution >= 0.6 is 0 Å². The number of carbonyl (C=O) groups excluding carboxylic acids is 1. The summed E-state index contributed by atoms with van der Waals surface area (Å²) in [7, 11) is 1.61. The highest BCUT2D eigenvalue weighted by Gasteiger charge is 2.33. The first kappa shape index (κ1) is 21.5. The maximum atomic E-state index is 13.4. The van der Waals surface area contributed by atoms with Gasteiger partial charge in [-0.15, -0.1) is 0 Å². The number of pyridine rings is 2. The SMILES string of the molecule is COCCC(=O)N1CCN(c2nc(C3CC3)c(-c3ccc(F)nc3)c(C)c2N)C[C@H]1C. The molecule has 31 heavy (non-hydrogen) atoms. The largest absolute Gasteiger partial charge is 0.396 e. The van der Waals surface area contributed by atoms with Crippen molar-refractivity contribution in [3.8, 4) is 11.1 Å². The van der Waals surface area contributed by atoms with E-state index in [1.54, 1.807) is 19.4 Å². The molecule has 0 unspecified atom stereocenters. The van der Waals surface area contributed by atoms with E-state index in [0.29, 0.717) is 44.3 Å². The van der Waals surface area contributed by atoms with Crippen LogP contribution in [0.4, 0.5) is 15.9 Å². The molecule has 4 rings (SSSR count). The van der Waals surface area contributed by atoms with Crippen LogP contribution in [0.25, 0.3) is 11.1 Å². The van der Waals surface area contributed by atoms with E-state index >= 15 is 0 Å². The van der Waals surface area contributed by atoms with Gasteiger partial charge in [-0.3, -0.25) is 4.79 Å². The lowest BCUT2D eigenvalue weighted by Crippen LogP contribution is -2.54. The Labute approximate surface area is 182 Å². The third-order valence-corrected chi connectivity index (χ3v) is 6.25. The first-order valence-corrected chi connectivity index (χ1v) is 10.9. The molecule has 1 saturated heterocycles. The van der Waals surface area contributed by atoms with Crippen molar-refractivity contribution in [2.75, 3.05) is 44.0 Å². The molecule has 166 valence electrons. The topological polar surface area (TPSA) is 84.6 Å². The molecule has 2 N–H and O–H groups in total. The minimum atomic E-state index is -0.501. The fourth-order valence-corrected chi connectivity index (χ4v) is 4.36. The highest BCUT2D eigenvalue weighted by atomic mass is 19.1. The smallest absolute Gasteiger partial charge is 0.225 e. The van der Waals surface area contributed by atoms with Gasteiger partial charge in [0.05, 0.1) is 24.4 Å². The van der Waals surface area contributed by atoms with Crippen LogP contribution in [-0.2, 0) is 9.53 Å². The van der Waals surface area contributed by atoms with Gasteiger partial charge in [-0.1, -0.05) is 0 Å². The van der Waals surface area contributed by atoms with Gasteiger partial charge in [-0.2, -0.15) is 4.39 Å². The quantitative estimate of drug-likeness (QED) is 0.713. The Morgan fingerprint density at radius 3 is 2.71 bits per heavy atom. The van der Waals surface area contributed by atoms with Crippen LogP contribution in [0.15, 0.2) is 18.3 Å². The molecule has 1 amide bonds. The average Bonchev–Trinajstić information content (AvgIpc) is 3.60. The highest BCUT2D eigenvalue weighted by molar-refractivity contribution is 5.81. The summed E-state index contributed by atoms with van der Waals surface area (Å²) in [5, 5.41) is 0. The van der Waals surface area contributed by atoms with Crippen molar-refractivity contribution >= 4 is 17.4 Å². The highest BCUT2D eigenvalue weighted by Crippen LogP contribution is 2.47. The average molecular weight is 428 g/mol. The maximum Gasteiger partial charge on any atom is 0.225 e. The minimum absolute atomic E-state index is 0.0602. The zero-order chi connectivity index (χ0) is 22.1. The fourth-order valence-electron chi connectivity index (χ4n) is 4.36. The molecule has 2 aromatic heterocycles. The van der Waals surface area contributed by atoms with E-state index in [4.69, 9.17) is 15.5 Å². The van der Waals surface area contributed by atoms with Crippen LogP contribution in [0.1, 0.15) is 43.4 Å². The van der Waals surface area contributed by atoms with Gasteiger partial charge in [0.25, 0.3) is 0 Å². The number of amides is 1. The predicted octanol–water partition coefficient (Wildman–Crippen LogP) is 3.12. The molecule has 2 aromatic rings. The molecule has 8 heteroatoms. The van der Waals surface area contributed by atoms with Crippen LogP contribution in [0.2, 0.25) is 0 Å². The summed E-state index contributed by atoms with van der Waals surface area (Å²) < 4.78 is 18.4. The number of rotatable bonds is 6. The number of nitrogen functional groups attached to an aromatic ring is 1. The van der Waals surface area contributed by atoms with E-state index in [9.17, 15) is 9.18 Å². The number of hydrogen-bond donors (Lipinski definition) is 1.